The minimum absolute atomic E-state index is 0.119. The molecule has 8 rings (SSSR count). The van der Waals surface area contributed by atoms with Crippen molar-refractivity contribution in [2.24, 2.45) is 0 Å². The van der Waals surface area contributed by atoms with Gasteiger partial charge in [-0.3, -0.25) is 0 Å². The van der Waals surface area contributed by atoms with Crippen LogP contribution in [0.5, 0.6) is 0 Å². The maximum atomic E-state index is 13.2. The van der Waals surface area contributed by atoms with Gasteiger partial charge in [0.15, 0.2) is 0 Å². The average Bonchev–Trinajstić information content (AvgIpc) is 3.48. The van der Waals surface area contributed by atoms with Gasteiger partial charge in [-0.15, -0.1) is 0 Å². The van der Waals surface area contributed by atoms with Gasteiger partial charge >= 0.3 is 239 Å². The van der Waals surface area contributed by atoms with Gasteiger partial charge in [0.25, 0.3) is 0 Å². The van der Waals surface area contributed by atoms with Crippen molar-refractivity contribution in [2.45, 2.75) is 38.5 Å². The number of pyridine rings is 1. The predicted octanol–water partition coefficient (Wildman–Crippen LogP) is 7.50. The average molecular weight is 586 g/mol. The van der Waals surface area contributed by atoms with E-state index in [1.165, 1.54) is 43.3 Å². The molecule has 0 saturated carbocycles. The van der Waals surface area contributed by atoms with Crippen LogP contribution in [0.1, 0.15) is 75.1 Å². The third-order valence-corrected chi connectivity index (χ3v) is 11.3. The van der Waals surface area contributed by atoms with Crippen molar-refractivity contribution in [1.82, 2.24) is 4.98 Å². The first-order chi connectivity index (χ1) is 19.2. The van der Waals surface area contributed by atoms with E-state index in [9.17, 15) is 9.59 Å². The van der Waals surface area contributed by atoms with Gasteiger partial charge in [-0.2, -0.15) is 0 Å². The summed E-state index contributed by atoms with van der Waals surface area (Å²) in [6, 6.07) is 24.6. The molecule has 0 spiro atoms. The van der Waals surface area contributed by atoms with E-state index < -0.39 is 0 Å². The second-order valence-electron chi connectivity index (χ2n) is 12.0. The molecule has 2 aliphatic heterocycles. The summed E-state index contributed by atoms with van der Waals surface area (Å²) in [6.07, 6.45) is 3.74. The summed E-state index contributed by atoms with van der Waals surface area (Å²) in [5.41, 5.74) is 7.07. The van der Waals surface area contributed by atoms with E-state index in [0.717, 1.165) is 10.3 Å². The number of ketones is 2. The van der Waals surface area contributed by atoms with Crippen LogP contribution in [0.2, 0.25) is 0 Å². The van der Waals surface area contributed by atoms with Gasteiger partial charge in [0.05, 0.1) is 0 Å². The topological polar surface area (TPSA) is 50.3 Å². The first kappa shape index (κ1) is 23.8. The van der Waals surface area contributed by atoms with Gasteiger partial charge in [0, 0.05) is 0 Å². The Morgan fingerprint density at radius 2 is 1.48 bits per heavy atom. The van der Waals surface area contributed by atoms with Crippen molar-refractivity contribution in [3.63, 3.8) is 0 Å². The second-order valence-corrected chi connectivity index (χ2v) is 14.2. The van der Waals surface area contributed by atoms with Crippen LogP contribution < -0.4 is 4.90 Å². The van der Waals surface area contributed by atoms with Crippen molar-refractivity contribution in [1.29, 1.82) is 0 Å². The maximum absolute atomic E-state index is 13.2. The van der Waals surface area contributed by atoms with E-state index in [2.05, 4.69) is 75.1 Å². The molecule has 3 aromatic carbocycles. The van der Waals surface area contributed by atoms with Crippen molar-refractivity contribution in [3.8, 4) is 0 Å². The third-order valence-electron chi connectivity index (χ3n) is 9.02. The Bertz CT molecular complexity index is 1970. The predicted molar refractivity (Wildman–Crippen MR) is 161 cm³/mol. The standard InChI is InChI=1S/C35H26N2O2Se/c1-34(2)26-16-19-10-5-6-11-21(19)28-29(26)37(32-25(35(28,3)4)14-9-15-36-32)33-27(34)18-20(40-33)17-24-30(38)22-12-7-8-13-23(22)31(24)39/h5-18H,1-4H3. The molecule has 5 heteroatoms. The van der Waals surface area contributed by atoms with Crippen LogP contribution in [0.3, 0.4) is 0 Å². The monoisotopic (exact) mass is 586 g/mol. The molecule has 0 saturated heterocycles. The summed E-state index contributed by atoms with van der Waals surface area (Å²) in [7, 11) is 0. The fraction of sp³-hybridized carbons (Fsp3) is 0.171. The number of fused-ring (bicyclic) bond motifs is 7. The summed E-state index contributed by atoms with van der Waals surface area (Å²) in [6.45, 7) is 9.23. The zero-order chi connectivity index (χ0) is 27.6. The molecule has 194 valence electrons. The van der Waals surface area contributed by atoms with Crippen molar-refractivity contribution in [2.75, 3.05) is 4.90 Å². The third kappa shape index (κ3) is 2.89. The van der Waals surface area contributed by atoms with Gasteiger partial charge in [-0.1, -0.05) is 0 Å². The Hall–Kier alpha value is -4.05. The molecule has 0 bridgehead atoms. The molecule has 0 amide bonds. The number of carbonyl (C=O) groups is 2. The molecule has 0 atom stereocenters. The molecule has 0 fully saturated rings. The number of aromatic nitrogens is 1. The fourth-order valence-electron chi connectivity index (χ4n) is 6.96. The number of anilines is 3. The van der Waals surface area contributed by atoms with Crippen LogP contribution in [-0.2, 0) is 10.8 Å². The number of Topliss-reactive ketones (excluding diaryl/α,β-unsaturated/α-hetero) is 2. The number of carbonyl (C=O) groups excluding carboxylic acids is 2. The van der Waals surface area contributed by atoms with Crippen molar-refractivity contribution >= 4 is 59.0 Å². The minimum atomic E-state index is -0.267. The molecule has 3 aliphatic rings. The Morgan fingerprint density at radius 1 is 0.775 bits per heavy atom. The van der Waals surface area contributed by atoms with Crippen LogP contribution in [-0.4, -0.2) is 31.1 Å². The summed E-state index contributed by atoms with van der Waals surface area (Å²) >= 11 is -0.119. The van der Waals surface area contributed by atoms with E-state index in [-0.39, 0.29) is 42.5 Å². The fourth-order valence-corrected chi connectivity index (χ4v) is 9.62. The van der Waals surface area contributed by atoms with Gasteiger partial charge < -0.3 is 0 Å². The van der Waals surface area contributed by atoms with Crippen LogP contribution in [0.4, 0.5) is 16.1 Å². The number of rotatable bonds is 1. The summed E-state index contributed by atoms with van der Waals surface area (Å²) in [5, 5.41) is 2.51. The molecule has 40 heavy (non-hydrogen) atoms. The van der Waals surface area contributed by atoms with Crippen LogP contribution >= 0.6 is 0 Å². The van der Waals surface area contributed by atoms with Gasteiger partial charge in [0.2, 0.25) is 0 Å². The molecule has 4 heterocycles. The Morgan fingerprint density at radius 3 is 2.23 bits per heavy atom. The molecule has 0 unspecified atom stereocenters. The molecule has 0 N–H and O–H groups in total. The SMILES string of the molecule is CC1(C)c2cc(C=C3C(=O)c4ccccc4C3=O)[se]c2N2c3ncccc3C(C)(C)c3c2c1cc1ccccc31. The van der Waals surface area contributed by atoms with Crippen LogP contribution in [0.25, 0.3) is 16.8 Å². The number of hydrogen-bond donors (Lipinski definition) is 0. The Balaban J connectivity index is 1.41. The van der Waals surface area contributed by atoms with Gasteiger partial charge in [0.1, 0.15) is 0 Å². The van der Waals surface area contributed by atoms with Crippen LogP contribution in [0, 0.1) is 0 Å². The van der Waals surface area contributed by atoms with E-state index in [1.807, 2.05) is 30.5 Å². The molecule has 4 nitrogen and oxygen atoms in total. The molecular weight excluding hydrogens is 559 g/mol. The number of hydrogen-bond acceptors (Lipinski definition) is 4. The number of benzene rings is 3. The van der Waals surface area contributed by atoms with Gasteiger partial charge in [-0.25, -0.2) is 0 Å². The van der Waals surface area contributed by atoms with E-state index >= 15 is 0 Å². The zero-order valence-electron chi connectivity index (χ0n) is 22.7. The second kappa shape index (κ2) is 7.78. The summed E-state index contributed by atoms with van der Waals surface area (Å²) in [5.74, 6) is 0.624. The molecule has 2 aromatic heterocycles. The summed E-state index contributed by atoms with van der Waals surface area (Å²) < 4.78 is 2.27. The van der Waals surface area contributed by atoms with Crippen LogP contribution in [0.15, 0.2) is 84.6 Å². The van der Waals surface area contributed by atoms with Crippen molar-refractivity contribution < 1.29 is 9.59 Å². The Kier molecular flexibility index (Phi) is 4.63. The molecule has 5 aromatic rings. The van der Waals surface area contributed by atoms with E-state index in [0.29, 0.717) is 11.1 Å². The summed E-state index contributed by atoms with van der Waals surface area (Å²) in [4.78, 5) is 33.8. The normalized spacial score (nSPS) is 17.4. The molecule has 1 aliphatic carbocycles. The van der Waals surface area contributed by atoms with Crippen molar-refractivity contribution in [3.05, 3.63) is 122 Å². The first-order valence-corrected chi connectivity index (χ1v) is 15.3. The first-order valence-electron chi connectivity index (χ1n) is 13.6. The van der Waals surface area contributed by atoms with E-state index in [1.54, 1.807) is 12.1 Å². The molecular formula is C35H26N2O2Se. The number of nitrogens with zero attached hydrogens (tertiary/aromatic N) is 2. The number of allylic oxidation sites excluding steroid dienone is 1. The zero-order valence-corrected chi connectivity index (χ0v) is 24.4. The van der Waals surface area contributed by atoms with E-state index in [4.69, 9.17) is 4.98 Å². The van der Waals surface area contributed by atoms with Gasteiger partial charge in [-0.05, 0) is 0 Å². The molecule has 0 radical (unpaired) electrons. The quantitative estimate of drug-likeness (QED) is 0.116. The Labute approximate surface area is 238 Å².